The lowest BCUT2D eigenvalue weighted by atomic mass is 10.1. The maximum Gasteiger partial charge on any atom is 0.312 e. The van der Waals surface area contributed by atoms with E-state index in [-0.39, 0.29) is 36.2 Å². The van der Waals surface area contributed by atoms with Gasteiger partial charge < -0.3 is 9.47 Å². The summed E-state index contributed by atoms with van der Waals surface area (Å²) in [5.41, 5.74) is 0.745. The highest BCUT2D eigenvalue weighted by atomic mass is 79.9. The number of aryl methyl sites for hydroxylation is 1. The third kappa shape index (κ3) is 4.31. The van der Waals surface area contributed by atoms with Gasteiger partial charge in [0, 0.05) is 13.1 Å². The van der Waals surface area contributed by atoms with Gasteiger partial charge in [0.1, 0.15) is 22.4 Å². The van der Waals surface area contributed by atoms with Crippen LogP contribution < -0.4 is 4.74 Å². The molecule has 0 spiro atoms. The van der Waals surface area contributed by atoms with Gasteiger partial charge in [0.15, 0.2) is 5.82 Å². The summed E-state index contributed by atoms with van der Waals surface area (Å²) < 4.78 is 26.5. The molecule has 2 aromatic heterocycles. The first-order valence-corrected chi connectivity index (χ1v) is 8.78. The summed E-state index contributed by atoms with van der Waals surface area (Å²) in [6.45, 7) is -0.0967. The van der Waals surface area contributed by atoms with Crippen LogP contribution in [0.2, 0.25) is 0 Å². The summed E-state index contributed by atoms with van der Waals surface area (Å²) in [6, 6.07) is 5.75. The Morgan fingerprint density at radius 3 is 2.75 bits per heavy atom. The number of hydrogen-bond acceptors (Lipinski definition) is 7. The molecule has 146 valence electrons. The summed E-state index contributed by atoms with van der Waals surface area (Å²) >= 11 is 3.17. The first-order valence-electron chi connectivity index (χ1n) is 7.99. The predicted molar refractivity (Wildman–Crippen MR) is 100 cm³/mol. The van der Waals surface area contributed by atoms with Crippen LogP contribution in [-0.2, 0) is 25.0 Å². The first kappa shape index (κ1) is 19.8. The molecule has 0 aliphatic heterocycles. The van der Waals surface area contributed by atoms with Gasteiger partial charge in [-0.1, -0.05) is 0 Å². The second-order valence-corrected chi connectivity index (χ2v) is 6.56. The number of nitro benzene ring substituents is 1. The Morgan fingerprint density at radius 1 is 1.32 bits per heavy atom. The van der Waals surface area contributed by atoms with Crippen molar-refractivity contribution in [2.75, 3.05) is 7.11 Å². The lowest BCUT2D eigenvalue weighted by Crippen LogP contribution is -2.03. The monoisotopic (exact) mass is 451 g/mol. The minimum absolute atomic E-state index is 0.00169. The average molecular weight is 452 g/mol. The van der Waals surface area contributed by atoms with E-state index in [9.17, 15) is 14.5 Å². The van der Waals surface area contributed by atoms with Gasteiger partial charge in [-0.2, -0.15) is 5.10 Å². The van der Waals surface area contributed by atoms with E-state index in [2.05, 4.69) is 31.0 Å². The first-order chi connectivity index (χ1) is 13.4. The van der Waals surface area contributed by atoms with Gasteiger partial charge in [-0.3, -0.25) is 14.8 Å². The van der Waals surface area contributed by atoms with E-state index in [0.29, 0.717) is 15.7 Å². The second-order valence-electron chi connectivity index (χ2n) is 5.75. The number of hydrogen-bond donors (Lipinski definition) is 0. The summed E-state index contributed by atoms with van der Waals surface area (Å²) in [7, 11) is 3.02. The fourth-order valence-electron chi connectivity index (χ4n) is 2.56. The number of halogens is 2. The minimum atomic E-state index is -0.551. The SMILES string of the molecule is COc1c(-c2ncn(C)n2)cc(COCc2nc(Br)ccc2F)cc1[N+](=O)[O-]. The number of rotatable bonds is 7. The quantitative estimate of drug-likeness (QED) is 0.307. The summed E-state index contributed by atoms with van der Waals surface area (Å²) in [5.74, 6) is -0.161. The van der Waals surface area contributed by atoms with Crippen molar-refractivity contribution >= 4 is 21.6 Å². The molecule has 0 aliphatic rings. The molecule has 0 saturated carbocycles. The number of nitrogens with zero attached hydrogens (tertiary/aromatic N) is 5. The molecule has 1 aromatic carbocycles. The highest BCUT2D eigenvalue weighted by molar-refractivity contribution is 9.10. The summed E-state index contributed by atoms with van der Waals surface area (Å²) in [5, 5.41) is 15.7. The lowest BCUT2D eigenvalue weighted by molar-refractivity contribution is -0.385. The zero-order chi connectivity index (χ0) is 20.3. The molecule has 2 heterocycles. The summed E-state index contributed by atoms with van der Waals surface area (Å²) in [4.78, 5) is 19.1. The van der Waals surface area contributed by atoms with Crippen LogP contribution in [0.5, 0.6) is 5.75 Å². The Balaban J connectivity index is 1.89. The Labute approximate surface area is 167 Å². The molecule has 0 N–H and O–H groups in total. The van der Waals surface area contributed by atoms with Crippen LogP contribution in [0.15, 0.2) is 35.2 Å². The molecule has 9 nitrogen and oxygen atoms in total. The van der Waals surface area contributed by atoms with Gasteiger partial charge >= 0.3 is 5.69 Å². The molecule has 0 saturated heterocycles. The largest absolute Gasteiger partial charge is 0.490 e. The molecule has 0 unspecified atom stereocenters. The Morgan fingerprint density at radius 2 is 2.11 bits per heavy atom. The molecule has 0 fully saturated rings. The summed E-state index contributed by atoms with van der Waals surface area (Å²) in [6.07, 6.45) is 1.48. The van der Waals surface area contributed by atoms with E-state index in [1.807, 2.05) is 0 Å². The van der Waals surface area contributed by atoms with E-state index < -0.39 is 10.7 Å². The van der Waals surface area contributed by atoms with Crippen molar-refractivity contribution in [2.45, 2.75) is 13.2 Å². The zero-order valence-corrected chi connectivity index (χ0v) is 16.5. The lowest BCUT2D eigenvalue weighted by Gasteiger charge is -2.10. The van der Waals surface area contributed by atoms with Crippen LogP contribution in [0.3, 0.4) is 0 Å². The fourth-order valence-corrected chi connectivity index (χ4v) is 2.90. The third-order valence-electron chi connectivity index (χ3n) is 3.76. The standard InChI is InChI=1S/C17H15BrFN5O4/c1-23-9-20-17(22-23)11-5-10(6-14(24(25)26)16(11)27-2)7-28-8-13-12(19)3-4-15(18)21-13/h3-6,9H,7-8H2,1-2H3. The molecule has 0 aliphatic carbocycles. The second kappa shape index (κ2) is 8.40. The molecule has 0 atom stereocenters. The smallest absolute Gasteiger partial charge is 0.312 e. The number of pyridine rings is 1. The molecular formula is C17H15BrFN5O4. The van der Waals surface area contributed by atoms with Gasteiger partial charge in [-0.25, -0.2) is 14.4 Å². The molecule has 0 bridgehead atoms. The predicted octanol–water partition coefficient (Wildman–Crippen LogP) is 3.41. The maximum absolute atomic E-state index is 13.8. The highest BCUT2D eigenvalue weighted by Crippen LogP contribution is 2.37. The normalized spacial score (nSPS) is 10.9. The van der Waals surface area contributed by atoms with Crippen molar-refractivity contribution in [1.82, 2.24) is 19.7 Å². The Bertz CT molecular complexity index is 1030. The van der Waals surface area contributed by atoms with Gasteiger partial charge in [0.25, 0.3) is 0 Å². The van der Waals surface area contributed by atoms with Crippen LogP contribution in [0, 0.1) is 15.9 Å². The molecule has 0 amide bonds. The minimum Gasteiger partial charge on any atom is -0.490 e. The Hall–Kier alpha value is -2.92. The molecule has 3 aromatic rings. The van der Waals surface area contributed by atoms with Crippen molar-refractivity contribution in [3.05, 3.63) is 62.4 Å². The van der Waals surface area contributed by atoms with Crippen LogP contribution in [0.25, 0.3) is 11.4 Å². The van der Waals surface area contributed by atoms with E-state index in [1.54, 1.807) is 13.1 Å². The van der Waals surface area contributed by atoms with Gasteiger partial charge in [-0.15, -0.1) is 0 Å². The number of aromatic nitrogens is 4. The molecule has 0 radical (unpaired) electrons. The van der Waals surface area contributed by atoms with Crippen LogP contribution >= 0.6 is 15.9 Å². The van der Waals surface area contributed by atoms with E-state index >= 15 is 0 Å². The number of benzene rings is 1. The number of methoxy groups -OCH3 is 1. The fraction of sp³-hybridized carbons (Fsp3) is 0.235. The van der Waals surface area contributed by atoms with Crippen molar-refractivity contribution in [1.29, 1.82) is 0 Å². The van der Waals surface area contributed by atoms with E-state index in [1.165, 1.54) is 36.3 Å². The molecule has 11 heteroatoms. The zero-order valence-electron chi connectivity index (χ0n) is 14.9. The van der Waals surface area contributed by atoms with Crippen LogP contribution in [-0.4, -0.2) is 31.8 Å². The topological polar surface area (TPSA) is 105 Å². The maximum atomic E-state index is 13.8. The van der Waals surface area contributed by atoms with Crippen molar-refractivity contribution in [3.63, 3.8) is 0 Å². The van der Waals surface area contributed by atoms with Crippen molar-refractivity contribution in [3.8, 4) is 17.1 Å². The molecule has 3 rings (SSSR count). The number of nitro groups is 1. The van der Waals surface area contributed by atoms with Gasteiger partial charge in [0.2, 0.25) is 5.75 Å². The van der Waals surface area contributed by atoms with Gasteiger partial charge in [0.05, 0.1) is 30.8 Å². The van der Waals surface area contributed by atoms with Crippen molar-refractivity contribution in [2.24, 2.45) is 7.05 Å². The number of ether oxygens (including phenoxy) is 2. The van der Waals surface area contributed by atoms with E-state index in [0.717, 1.165) is 0 Å². The average Bonchev–Trinajstić information content (AvgIpc) is 3.10. The van der Waals surface area contributed by atoms with Gasteiger partial charge in [-0.05, 0) is 39.7 Å². The molecular weight excluding hydrogens is 437 g/mol. The third-order valence-corrected chi connectivity index (χ3v) is 4.20. The highest BCUT2D eigenvalue weighted by Gasteiger charge is 2.23. The van der Waals surface area contributed by atoms with Crippen molar-refractivity contribution < 1.29 is 18.8 Å². The van der Waals surface area contributed by atoms with E-state index in [4.69, 9.17) is 9.47 Å². The van der Waals surface area contributed by atoms with Crippen LogP contribution in [0.4, 0.5) is 10.1 Å². The Kier molecular flexibility index (Phi) is 5.95. The molecule has 28 heavy (non-hydrogen) atoms. The van der Waals surface area contributed by atoms with Crippen LogP contribution in [0.1, 0.15) is 11.3 Å².